The molecule has 3 rings (SSSR count). The summed E-state index contributed by atoms with van der Waals surface area (Å²) in [7, 11) is 0. The zero-order chi connectivity index (χ0) is 10.3. The van der Waals surface area contributed by atoms with Gasteiger partial charge in [-0.25, -0.2) is 0 Å². The van der Waals surface area contributed by atoms with E-state index in [1.807, 2.05) is 0 Å². The Labute approximate surface area is 88.4 Å². The van der Waals surface area contributed by atoms with Crippen LogP contribution in [0, 0.1) is 11.8 Å². The fourth-order valence-corrected chi connectivity index (χ4v) is 3.05. The number of aromatic nitrogens is 2. The molecule has 1 aromatic heterocycles. The van der Waals surface area contributed by atoms with Gasteiger partial charge >= 0.3 is 0 Å². The number of nitrogens with one attached hydrogen (secondary N) is 2. The van der Waals surface area contributed by atoms with Gasteiger partial charge in [0.2, 0.25) is 0 Å². The van der Waals surface area contributed by atoms with E-state index in [0.29, 0.717) is 11.7 Å². The van der Waals surface area contributed by atoms with Gasteiger partial charge in [0.15, 0.2) is 0 Å². The summed E-state index contributed by atoms with van der Waals surface area (Å²) >= 11 is 0. The molecular formula is C11H15N3O. The van der Waals surface area contributed by atoms with Crippen molar-refractivity contribution in [2.75, 3.05) is 0 Å². The number of rotatable bonds is 2. The maximum atomic E-state index is 11.8. The molecule has 0 saturated heterocycles. The third-order valence-corrected chi connectivity index (χ3v) is 3.80. The quantitative estimate of drug-likeness (QED) is 0.765. The number of hydrogen-bond donors (Lipinski definition) is 2. The number of hydrogen-bond acceptors (Lipinski definition) is 2. The standard InChI is InChI=1S/C11H15N3O/c15-11(9-3-4-12-14-9)13-10-6-7-1-2-8(10)5-7/h3-4,7-8,10H,1-2,5-6H2,(H,12,14)(H,13,15). The molecule has 0 aliphatic heterocycles. The molecular weight excluding hydrogens is 190 g/mol. The highest BCUT2D eigenvalue weighted by Crippen LogP contribution is 2.44. The molecule has 1 heterocycles. The molecule has 2 aliphatic rings. The van der Waals surface area contributed by atoms with Gasteiger partial charge in [-0.05, 0) is 37.2 Å². The van der Waals surface area contributed by atoms with Gasteiger partial charge in [-0.1, -0.05) is 6.42 Å². The van der Waals surface area contributed by atoms with Crippen LogP contribution in [0.15, 0.2) is 12.3 Å². The molecule has 4 heteroatoms. The van der Waals surface area contributed by atoms with Crippen LogP contribution < -0.4 is 5.32 Å². The molecule has 3 unspecified atom stereocenters. The van der Waals surface area contributed by atoms with Crippen molar-refractivity contribution in [2.45, 2.75) is 31.7 Å². The van der Waals surface area contributed by atoms with Crippen molar-refractivity contribution in [1.82, 2.24) is 15.5 Å². The number of fused-ring (bicyclic) bond motifs is 2. The first-order valence-electron chi connectivity index (χ1n) is 5.63. The van der Waals surface area contributed by atoms with Crippen molar-refractivity contribution in [2.24, 2.45) is 11.8 Å². The maximum Gasteiger partial charge on any atom is 0.269 e. The highest BCUT2D eigenvalue weighted by molar-refractivity contribution is 5.92. The Kier molecular flexibility index (Phi) is 2.01. The summed E-state index contributed by atoms with van der Waals surface area (Å²) in [6.07, 6.45) is 6.74. The molecule has 80 valence electrons. The summed E-state index contributed by atoms with van der Waals surface area (Å²) in [4.78, 5) is 11.8. The van der Waals surface area contributed by atoms with E-state index < -0.39 is 0 Å². The summed E-state index contributed by atoms with van der Waals surface area (Å²) in [6.45, 7) is 0. The molecule has 2 fully saturated rings. The van der Waals surface area contributed by atoms with Crippen molar-refractivity contribution < 1.29 is 4.79 Å². The molecule has 1 amide bonds. The average molecular weight is 205 g/mol. The molecule has 0 aromatic carbocycles. The molecule has 2 bridgehead atoms. The summed E-state index contributed by atoms with van der Waals surface area (Å²) in [6, 6.07) is 2.11. The summed E-state index contributed by atoms with van der Waals surface area (Å²) < 4.78 is 0. The van der Waals surface area contributed by atoms with E-state index in [0.717, 1.165) is 11.8 Å². The Hall–Kier alpha value is -1.32. The van der Waals surface area contributed by atoms with Crippen LogP contribution in [-0.4, -0.2) is 22.1 Å². The van der Waals surface area contributed by atoms with Gasteiger partial charge in [-0.15, -0.1) is 0 Å². The second kappa shape index (κ2) is 3.36. The van der Waals surface area contributed by atoms with Gasteiger partial charge in [0.05, 0.1) is 0 Å². The molecule has 2 N–H and O–H groups in total. The Morgan fingerprint density at radius 3 is 3.00 bits per heavy atom. The van der Waals surface area contributed by atoms with Crippen LogP contribution in [0.4, 0.5) is 0 Å². The van der Waals surface area contributed by atoms with Gasteiger partial charge in [-0.2, -0.15) is 5.10 Å². The molecule has 2 saturated carbocycles. The van der Waals surface area contributed by atoms with E-state index in [2.05, 4.69) is 15.5 Å². The van der Waals surface area contributed by atoms with Gasteiger partial charge < -0.3 is 5.32 Å². The zero-order valence-electron chi connectivity index (χ0n) is 8.57. The Morgan fingerprint density at radius 1 is 1.47 bits per heavy atom. The summed E-state index contributed by atoms with van der Waals surface area (Å²) in [5.41, 5.74) is 0.567. The lowest BCUT2D eigenvalue weighted by Gasteiger charge is -2.22. The second-order valence-electron chi connectivity index (χ2n) is 4.73. The van der Waals surface area contributed by atoms with E-state index in [1.54, 1.807) is 12.3 Å². The number of H-pyrrole nitrogens is 1. The summed E-state index contributed by atoms with van der Waals surface area (Å²) in [5, 5.41) is 9.58. The average Bonchev–Trinajstić information content (AvgIpc) is 2.95. The van der Waals surface area contributed by atoms with Gasteiger partial charge in [0, 0.05) is 12.2 Å². The normalized spacial score (nSPS) is 33.2. The van der Waals surface area contributed by atoms with E-state index in [1.165, 1.54) is 25.7 Å². The third kappa shape index (κ3) is 1.54. The first kappa shape index (κ1) is 8.95. The fraction of sp³-hybridized carbons (Fsp3) is 0.636. The van der Waals surface area contributed by atoms with Crippen LogP contribution in [0.25, 0.3) is 0 Å². The smallest absolute Gasteiger partial charge is 0.269 e. The van der Waals surface area contributed by atoms with E-state index in [9.17, 15) is 4.79 Å². The van der Waals surface area contributed by atoms with Crippen LogP contribution in [0.5, 0.6) is 0 Å². The largest absolute Gasteiger partial charge is 0.348 e. The Balaban J connectivity index is 1.64. The minimum Gasteiger partial charge on any atom is -0.348 e. The molecule has 0 radical (unpaired) electrons. The molecule has 2 aliphatic carbocycles. The van der Waals surface area contributed by atoms with Crippen molar-refractivity contribution in [3.8, 4) is 0 Å². The zero-order valence-corrected chi connectivity index (χ0v) is 8.57. The van der Waals surface area contributed by atoms with Gasteiger partial charge in [-0.3, -0.25) is 9.89 Å². The third-order valence-electron chi connectivity index (χ3n) is 3.80. The first-order valence-corrected chi connectivity index (χ1v) is 5.63. The van der Waals surface area contributed by atoms with Crippen molar-refractivity contribution in [3.63, 3.8) is 0 Å². The van der Waals surface area contributed by atoms with E-state index in [-0.39, 0.29) is 5.91 Å². The second-order valence-corrected chi connectivity index (χ2v) is 4.73. The lowest BCUT2D eigenvalue weighted by molar-refractivity contribution is 0.0918. The number of carbonyl (C=O) groups excluding carboxylic acids is 1. The summed E-state index contributed by atoms with van der Waals surface area (Å²) in [5.74, 6) is 1.58. The predicted octanol–water partition coefficient (Wildman–Crippen LogP) is 1.33. The SMILES string of the molecule is O=C(NC1CC2CCC1C2)c1ccn[nH]1. The minimum absolute atomic E-state index is 0.00921. The lowest BCUT2D eigenvalue weighted by Crippen LogP contribution is -2.38. The van der Waals surface area contributed by atoms with Crippen LogP contribution in [0.3, 0.4) is 0 Å². The van der Waals surface area contributed by atoms with Crippen molar-refractivity contribution >= 4 is 5.91 Å². The number of carbonyl (C=O) groups is 1. The van der Waals surface area contributed by atoms with Crippen LogP contribution in [0.1, 0.15) is 36.2 Å². The minimum atomic E-state index is -0.00921. The van der Waals surface area contributed by atoms with E-state index in [4.69, 9.17) is 0 Å². The molecule has 15 heavy (non-hydrogen) atoms. The number of aromatic amines is 1. The van der Waals surface area contributed by atoms with Crippen LogP contribution in [0.2, 0.25) is 0 Å². The fourth-order valence-electron chi connectivity index (χ4n) is 3.05. The van der Waals surface area contributed by atoms with E-state index >= 15 is 0 Å². The monoisotopic (exact) mass is 205 g/mol. The Morgan fingerprint density at radius 2 is 2.40 bits per heavy atom. The van der Waals surface area contributed by atoms with Gasteiger partial charge in [0.25, 0.3) is 5.91 Å². The van der Waals surface area contributed by atoms with Crippen LogP contribution in [-0.2, 0) is 0 Å². The first-order chi connectivity index (χ1) is 7.33. The number of amides is 1. The topological polar surface area (TPSA) is 57.8 Å². The number of nitrogens with zero attached hydrogens (tertiary/aromatic N) is 1. The highest BCUT2D eigenvalue weighted by Gasteiger charge is 2.40. The molecule has 4 nitrogen and oxygen atoms in total. The predicted molar refractivity (Wildman–Crippen MR) is 55.3 cm³/mol. The van der Waals surface area contributed by atoms with Crippen molar-refractivity contribution in [3.05, 3.63) is 18.0 Å². The van der Waals surface area contributed by atoms with Gasteiger partial charge in [0.1, 0.15) is 5.69 Å². The molecule has 0 spiro atoms. The molecule has 3 atom stereocenters. The van der Waals surface area contributed by atoms with Crippen molar-refractivity contribution in [1.29, 1.82) is 0 Å². The molecule has 1 aromatic rings. The van der Waals surface area contributed by atoms with Crippen LogP contribution >= 0.6 is 0 Å². The maximum absolute atomic E-state index is 11.8. The Bertz CT molecular complexity index is 360. The lowest BCUT2D eigenvalue weighted by atomic mass is 9.95. The highest BCUT2D eigenvalue weighted by atomic mass is 16.2.